The highest BCUT2D eigenvalue weighted by molar-refractivity contribution is 6.31. The third-order valence-electron chi connectivity index (χ3n) is 3.41. The lowest BCUT2D eigenvalue weighted by molar-refractivity contribution is -0.384. The van der Waals surface area contributed by atoms with Gasteiger partial charge in [-0.2, -0.15) is 0 Å². The third kappa shape index (κ3) is 5.50. The van der Waals surface area contributed by atoms with Crippen LogP contribution in [0, 0.1) is 10.1 Å². The van der Waals surface area contributed by atoms with Crippen LogP contribution in [0.4, 0.5) is 11.4 Å². The van der Waals surface area contributed by atoms with Crippen LogP contribution in [0.25, 0.3) is 6.08 Å². The Morgan fingerprint density at radius 1 is 1.32 bits per heavy atom. The van der Waals surface area contributed by atoms with Crippen LogP contribution in [0.2, 0.25) is 0 Å². The van der Waals surface area contributed by atoms with E-state index in [-0.39, 0.29) is 11.8 Å². The van der Waals surface area contributed by atoms with E-state index in [1.54, 1.807) is 19.1 Å². The van der Waals surface area contributed by atoms with E-state index < -0.39 is 4.92 Å². The van der Waals surface area contributed by atoms with Crippen molar-refractivity contribution in [2.75, 3.05) is 5.32 Å². The van der Waals surface area contributed by atoms with Gasteiger partial charge in [0, 0.05) is 23.7 Å². The number of rotatable bonds is 7. The van der Waals surface area contributed by atoms with E-state index in [1.165, 1.54) is 12.1 Å². The Kier molecular flexibility index (Phi) is 6.42. The highest BCUT2D eigenvalue weighted by Gasteiger charge is 2.11. The van der Waals surface area contributed by atoms with Crippen molar-refractivity contribution in [2.45, 2.75) is 33.4 Å². The van der Waals surface area contributed by atoms with Crippen LogP contribution < -0.4 is 10.1 Å². The summed E-state index contributed by atoms with van der Waals surface area (Å²) < 4.78 is 5.79. The Bertz CT molecular complexity index is 784. The van der Waals surface area contributed by atoms with E-state index in [0.717, 1.165) is 22.6 Å². The molecule has 2 rings (SSSR count). The monoisotopic (exact) mass is 360 g/mol. The van der Waals surface area contributed by atoms with Gasteiger partial charge in [-0.15, -0.1) is 0 Å². The predicted octanol–water partition coefficient (Wildman–Crippen LogP) is 5.59. The van der Waals surface area contributed by atoms with Crippen LogP contribution in [0.1, 0.15) is 31.9 Å². The van der Waals surface area contributed by atoms with Gasteiger partial charge >= 0.3 is 0 Å². The first-order valence-corrected chi connectivity index (χ1v) is 8.35. The van der Waals surface area contributed by atoms with E-state index in [2.05, 4.69) is 5.32 Å². The van der Waals surface area contributed by atoms with Gasteiger partial charge in [0.05, 0.1) is 16.7 Å². The van der Waals surface area contributed by atoms with Crippen molar-refractivity contribution in [2.24, 2.45) is 0 Å². The van der Waals surface area contributed by atoms with Gasteiger partial charge in [-0.1, -0.05) is 23.7 Å². The maximum absolute atomic E-state index is 11.0. The average molecular weight is 361 g/mol. The number of hydrogen-bond donors (Lipinski definition) is 1. The number of non-ortho nitro benzene ring substituents is 1. The molecule has 0 aliphatic rings. The van der Waals surface area contributed by atoms with Gasteiger partial charge in [0.1, 0.15) is 5.75 Å². The molecule has 0 aliphatic heterocycles. The first kappa shape index (κ1) is 18.8. The second-order valence-corrected chi connectivity index (χ2v) is 6.48. The molecule has 2 aromatic rings. The second-order valence-electron chi connectivity index (χ2n) is 5.89. The van der Waals surface area contributed by atoms with Gasteiger partial charge in [0.2, 0.25) is 0 Å². The first-order valence-electron chi connectivity index (χ1n) is 7.97. The van der Waals surface area contributed by atoms with Gasteiger partial charge in [0.15, 0.2) is 0 Å². The zero-order chi connectivity index (χ0) is 18.4. The number of anilines is 1. The molecule has 0 fully saturated rings. The number of nitro groups is 1. The van der Waals surface area contributed by atoms with E-state index in [1.807, 2.05) is 38.1 Å². The minimum Gasteiger partial charge on any atom is -0.489 e. The van der Waals surface area contributed by atoms with E-state index in [4.69, 9.17) is 16.3 Å². The van der Waals surface area contributed by atoms with Gasteiger partial charge in [0.25, 0.3) is 5.69 Å². The molecule has 0 amide bonds. The SMILES string of the molecule is C/C(Cl)=C/c1cc([N+](=O)[O-])ccc1CNc1ccccc1OC(C)C. The number of nitrogens with zero attached hydrogens (tertiary/aromatic N) is 1. The first-order chi connectivity index (χ1) is 11.9. The lowest BCUT2D eigenvalue weighted by Crippen LogP contribution is -2.09. The summed E-state index contributed by atoms with van der Waals surface area (Å²) in [6.07, 6.45) is 1.79. The summed E-state index contributed by atoms with van der Waals surface area (Å²) in [5, 5.41) is 14.9. The minimum absolute atomic E-state index is 0.0384. The molecule has 0 aromatic heterocycles. The molecule has 0 aliphatic carbocycles. The van der Waals surface area contributed by atoms with Gasteiger partial charge < -0.3 is 10.1 Å². The standard InChI is InChI=1S/C19H21ClN2O3/c1-13(2)25-19-7-5-4-6-18(19)21-12-15-8-9-17(22(23)24)11-16(15)10-14(3)20/h4-11,13,21H,12H2,1-3H3/b14-10-. The van der Waals surface area contributed by atoms with Crippen molar-refractivity contribution < 1.29 is 9.66 Å². The molecular formula is C19H21ClN2O3. The molecule has 0 heterocycles. The molecule has 132 valence electrons. The molecule has 6 heteroatoms. The lowest BCUT2D eigenvalue weighted by atomic mass is 10.1. The highest BCUT2D eigenvalue weighted by atomic mass is 35.5. The molecule has 0 radical (unpaired) electrons. The molecule has 0 spiro atoms. The maximum Gasteiger partial charge on any atom is 0.270 e. The highest BCUT2D eigenvalue weighted by Crippen LogP contribution is 2.27. The lowest BCUT2D eigenvalue weighted by Gasteiger charge is -2.16. The molecule has 1 N–H and O–H groups in total. The molecule has 2 aromatic carbocycles. The molecule has 0 saturated carbocycles. The Hall–Kier alpha value is -2.53. The van der Waals surface area contributed by atoms with Crippen molar-refractivity contribution >= 4 is 29.1 Å². The minimum atomic E-state index is -0.413. The number of ether oxygens (including phenoxy) is 1. The van der Waals surface area contributed by atoms with Gasteiger partial charge in [-0.3, -0.25) is 10.1 Å². The summed E-state index contributed by atoms with van der Waals surface area (Å²) >= 11 is 5.97. The fraction of sp³-hybridized carbons (Fsp3) is 0.263. The number of para-hydroxylation sites is 2. The van der Waals surface area contributed by atoms with Crippen LogP contribution in [0.3, 0.4) is 0 Å². The largest absolute Gasteiger partial charge is 0.489 e. The zero-order valence-corrected chi connectivity index (χ0v) is 15.2. The number of benzene rings is 2. The van der Waals surface area contributed by atoms with E-state index in [0.29, 0.717) is 11.6 Å². The molecule has 0 bridgehead atoms. The Morgan fingerprint density at radius 3 is 2.68 bits per heavy atom. The number of allylic oxidation sites excluding steroid dienone is 1. The van der Waals surface area contributed by atoms with Crippen LogP contribution in [0.5, 0.6) is 5.75 Å². The number of nitrogens with one attached hydrogen (secondary N) is 1. The molecule has 5 nitrogen and oxygen atoms in total. The smallest absolute Gasteiger partial charge is 0.270 e. The fourth-order valence-corrected chi connectivity index (χ4v) is 2.48. The number of hydrogen-bond acceptors (Lipinski definition) is 4. The predicted molar refractivity (Wildman–Crippen MR) is 102 cm³/mol. The second kappa shape index (κ2) is 8.53. The Labute approximate surface area is 152 Å². The average Bonchev–Trinajstić information content (AvgIpc) is 2.53. The quantitative estimate of drug-likeness (QED) is 0.516. The summed E-state index contributed by atoms with van der Waals surface area (Å²) in [7, 11) is 0. The number of nitro benzene ring substituents is 1. The summed E-state index contributed by atoms with van der Waals surface area (Å²) in [5.41, 5.74) is 2.53. The van der Waals surface area contributed by atoms with Gasteiger partial charge in [-0.25, -0.2) is 0 Å². The van der Waals surface area contributed by atoms with Crippen molar-refractivity contribution in [1.82, 2.24) is 0 Å². The fourth-order valence-electron chi connectivity index (χ4n) is 2.37. The zero-order valence-electron chi connectivity index (χ0n) is 14.5. The maximum atomic E-state index is 11.0. The topological polar surface area (TPSA) is 64.4 Å². The van der Waals surface area contributed by atoms with Crippen LogP contribution >= 0.6 is 11.6 Å². The molecular weight excluding hydrogens is 340 g/mol. The van der Waals surface area contributed by atoms with E-state index in [9.17, 15) is 10.1 Å². The molecule has 0 atom stereocenters. The summed E-state index contributed by atoms with van der Waals surface area (Å²) in [6.45, 7) is 6.17. The molecule has 0 saturated heterocycles. The van der Waals surface area contributed by atoms with Crippen LogP contribution in [0.15, 0.2) is 47.5 Å². The van der Waals surface area contributed by atoms with Crippen molar-refractivity contribution in [3.05, 3.63) is 68.7 Å². The van der Waals surface area contributed by atoms with E-state index >= 15 is 0 Å². The summed E-state index contributed by atoms with van der Waals surface area (Å²) in [5.74, 6) is 0.769. The van der Waals surface area contributed by atoms with Crippen LogP contribution in [-0.2, 0) is 6.54 Å². The molecule has 0 unspecified atom stereocenters. The van der Waals surface area contributed by atoms with Crippen molar-refractivity contribution in [1.29, 1.82) is 0 Å². The number of halogens is 1. The Balaban J connectivity index is 2.26. The Morgan fingerprint density at radius 2 is 2.04 bits per heavy atom. The summed E-state index contributed by atoms with van der Waals surface area (Å²) in [6, 6.07) is 12.4. The van der Waals surface area contributed by atoms with Gasteiger partial charge in [-0.05, 0) is 56.2 Å². The summed E-state index contributed by atoms with van der Waals surface area (Å²) in [4.78, 5) is 10.6. The van der Waals surface area contributed by atoms with Crippen LogP contribution in [-0.4, -0.2) is 11.0 Å². The molecule has 25 heavy (non-hydrogen) atoms. The normalized spacial score (nSPS) is 11.5. The third-order valence-corrected chi connectivity index (χ3v) is 3.52. The van der Waals surface area contributed by atoms with Crippen molar-refractivity contribution in [3.63, 3.8) is 0 Å². The van der Waals surface area contributed by atoms with Crippen molar-refractivity contribution in [3.8, 4) is 5.75 Å².